The van der Waals surface area contributed by atoms with Crippen LogP contribution in [-0.2, 0) is 0 Å². The molecule has 1 fully saturated rings. The maximum absolute atomic E-state index is 8.08. The SMILES string of the molecule is CC(C)(O)O.NCC1CCC(n2cnc3c(Cl)ncnc32)C1. The van der Waals surface area contributed by atoms with Gasteiger partial charge in [0.1, 0.15) is 11.8 Å². The lowest BCUT2D eigenvalue weighted by Gasteiger charge is -2.12. The van der Waals surface area contributed by atoms with Crippen LogP contribution in [0.4, 0.5) is 0 Å². The average molecular weight is 328 g/mol. The maximum Gasteiger partial charge on any atom is 0.165 e. The van der Waals surface area contributed by atoms with E-state index in [4.69, 9.17) is 27.5 Å². The normalized spacial score (nSPS) is 21.7. The Hall–Kier alpha value is -1.28. The molecule has 0 aliphatic heterocycles. The van der Waals surface area contributed by atoms with Gasteiger partial charge < -0.3 is 20.5 Å². The van der Waals surface area contributed by atoms with Crippen LogP contribution >= 0.6 is 11.6 Å². The van der Waals surface area contributed by atoms with Gasteiger partial charge in [-0.2, -0.15) is 0 Å². The minimum Gasteiger partial charge on any atom is -0.366 e. The molecule has 3 rings (SSSR count). The van der Waals surface area contributed by atoms with Crippen molar-refractivity contribution >= 4 is 22.8 Å². The molecule has 0 radical (unpaired) electrons. The van der Waals surface area contributed by atoms with E-state index in [2.05, 4.69) is 19.5 Å². The number of fused-ring (bicyclic) bond motifs is 1. The lowest BCUT2D eigenvalue weighted by molar-refractivity contribution is -0.127. The Kier molecular flexibility index (Phi) is 5.33. The second-order valence-electron chi connectivity index (χ2n) is 6.05. The van der Waals surface area contributed by atoms with Crippen molar-refractivity contribution in [3.63, 3.8) is 0 Å². The summed E-state index contributed by atoms with van der Waals surface area (Å²) in [4.78, 5) is 12.5. The third-order valence-electron chi connectivity index (χ3n) is 3.55. The molecule has 1 aliphatic carbocycles. The van der Waals surface area contributed by atoms with Crippen LogP contribution in [0.3, 0.4) is 0 Å². The summed E-state index contributed by atoms with van der Waals surface area (Å²) in [6.07, 6.45) is 6.71. The number of rotatable bonds is 2. The van der Waals surface area contributed by atoms with Crippen LogP contribution in [0.1, 0.15) is 39.2 Å². The molecule has 7 nitrogen and oxygen atoms in total. The van der Waals surface area contributed by atoms with Gasteiger partial charge in [0, 0.05) is 6.04 Å². The fraction of sp³-hybridized carbons (Fsp3) is 0.643. The van der Waals surface area contributed by atoms with Gasteiger partial charge in [-0.25, -0.2) is 15.0 Å². The summed E-state index contributed by atoms with van der Waals surface area (Å²) >= 11 is 5.99. The molecule has 0 aromatic carbocycles. The van der Waals surface area contributed by atoms with Gasteiger partial charge in [-0.3, -0.25) is 0 Å². The maximum atomic E-state index is 8.08. The van der Waals surface area contributed by atoms with Gasteiger partial charge in [-0.15, -0.1) is 0 Å². The highest BCUT2D eigenvalue weighted by Crippen LogP contribution is 2.35. The largest absolute Gasteiger partial charge is 0.366 e. The van der Waals surface area contributed by atoms with E-state index in [9.17, 15) is 0 Å². The molecule has 2 atom stereocenters. The molecule has 1 saturated carbocycles. The van der Waals surface area contributed by atoms with Crippen molar-refractivity contribution in [3.8, 4) is 0 Å². The number of halogens is 1. The summed E-state index contributed by atoms with van der Waals surface area (Å²) in [5.74, 6) is -0.880. The van der Waals surface area contributed by atoms with Crippen molar-refractivity contribution < 1.29 is 10.2 Å². The fourth-order valence-corrected chi connectivity index (χ4v) is 2.78. The topological polar surface area (TPSA) is 110 Å². The van der Waals surface area contributed by atoms with E-state index in [1.807, 2.05) is 6.33 Å². The second-order valence-corrected chi connectivity index (χ2v) is 6.41. The molecule has 2 unspecified atom stereocenters. The van der Waals surface area contributed by atoms with E-state index in [0.29, 0.717) is 22.6 Å². The summed E-state index contributed by atoms with van der Waals surface area (Å²) in [5, 5.41) is 16.6. The van der Waals surface area contributed by atoms with Gasteiger partial charge in [0.25, 0.3) is 0 Å². The van der Waals surface area contributed by atoms with E-state index in [0.717, 1.165) is 25.0 Å². The Morgan fingerprint density at radius 1 is 1.32 bits per heavy atom. The molecule has 2 aromatic rings. The molecule has 0 amide bonds. The third kappa shape index (κ3) is 4.36. The first kappa shape index (κ1) is 17.1. The molecule has 122 valence electrons. The van der Waals surface area contributed by atoms with Gasteiger partial charge in [-0.05, 0) is 45.6 Å². The van der Waals surface area contributed by atoms with Gasteiger partial charge in [0.15, 0.2) is 16.6 Å². The number of aromatic nitrogens is 4. The van der Waals surface area contributed by atoms with Gasteiger partial charge >= 0.3 is 0 Å². The summed E-state index contributed by atoms with van der Waals surface area (Å²) in [6, 6.07) is 0.444. The summed E-state index contributed by atoms with van der Waals surface area (Å²) in [5.41, 5.74) is 7.23. The van der Waals surface area contributed by atoms with Gasteiger partial charge in [0.2, 0.25) is 0 Å². The minimum absolute atomic E-state index is 0.419. The minimum atomic E-state index is -1.50. The van der Waals surface area contributed by atoms with Crippen molar-refractivity contribution in [2.24, 2.45) is 11.7 Å². The molecule has 8 heteroatoms. The van der Waals surface area contributed by atoms with Crippen LogP contribution in [-0.4, -0.2) is 42.1 Å². The first-order valence-electron chi connectivity index (χ1n) is 7.27. The molecule has 0 saturated heterocycles. The number of aliphatic hydroxyl groups is 2. The molecule has 22 heavy (non-hydrogen) atoms. The van der Waals surface area contributed by atoms with Gasteiger partial charge in [-0.1, -0.05) is 11.6 Å². The highest BCUT2D eigenvalue weighted by atomic mass is 35.5. The standard InChI is InChI=1S/C11H14ClN5.C3H8O2/c12-10-9-11(15-5-14-10)17(6-16-9)8-2-1-7(3-8)4-13;1-3(2,4)5/h5-8H,1-4,13H2;4-5H,1-2H3. The quantitative estimate of drug-likeness (QED) is 0.569. The molecule has 0 spiro atoms. The average Bonchev–Trinajstić information content (AvgIpc) is 3.02. The Morgan fingerprint density at radius 2 is 2.00 bits per heavy atom. The third-order valence-corrected chi connectivity index (χ3v) is 3.83. The number of nitrogens with zero attached hydrogens (tertiary/aromatic N) is 4. The van der Waals surface area contributed by atoms with Crippen molar-refractivity contribution in [1.29, 1.82) is 0 Å². The number of nitrogens with two attached hydrogens (primary N) is 1. The Morgan fingerprint density at radius 3 is 2.59 bits per heavy atom. The lowest BCUT2D eigenvalue weighted by atomic mass is 10.1. The first-order valence-corrected chi connectivity index (χ1v) is 7.65. The molecule has 1 aliphatic rings. The monoisotopic (exact) mass is 327 g/mol. The molecule has 0 bridgehead atoms. The molecular formula is C14H22ClN5O2. The summed E-state index contributed by atoms with van der Waals surface area (Å²) in [7, 11) is 0. The zero-order chi connectivity index (χ0) is 16.3. The van der Waals surface area contributed by atoms with Crippen molar-refractivity contribution in [2.45, 2.75) is 44.9 Å². The second kappa shape index (κ2) is 6.87. The number of hydrogen-bond donors (Lipinski definition) is 3. The van der Waals surface area contributed by atoms with Crippen LogP contribution in [0, 0.1) is 5.92 Å². The van der Waals surface area contributed by atoms with Crippen LogP contribution in [0.25, 0.3) is 11.2 Å². The van der Waals surface area contributed by atoms with E-state index < -0.39 is 5.79 Å². The Balaban J connectivity index is 0.000000309. The number of hydrogen-bond acceptors (Lipinski definition) is 6. The number of imidazole rings is 1. The van der Waals surface area contributed by atoms with Crippen molar-refractivity contribution in [2.75, 3.05) is 6.54 Å². The summed E-state index contributed by atoms with van der Waals surface area (Å²) in [6.45, 7) is 3.36. The van der Waals surface area contributed by atoms with Crippen LogP contribution in [0.5, 0.6) is 0 Å². The van der Waals surface area contributed by atoms with Crippen LogP contribution < -0.4 is 5.73 Å². The molecule has 4 N–H and O–H groups in total. The van der Waals surface area contributed by atoms with Crippen LogP contribution in [0.15, 0.2) is 12.7 Å². The van der Waals surface area contributed by atoms with Crippen molar-refractivity contribution in [1.82, 2.24) is 19.5 Å². The van der Waals surface area contributed by atoms with E-state index in [1.165, 1.54) is 26.6 Å². The highest BCUT2D eigenvalue weighted by molar-refractivity contribution is 6.33. The van der Waals surface area contributed by atoms with Crippen LogP contribution in [0.2, 0.25) is 5.15 Å². The zero-order valence-electron chi connectivity index (χ0n) is 12.8. The first-order chi connectivity index (χ1) is 10.3. The molecule has 2 aromatic heterocycles. The van der Waals surface area contributed by atoms with E-state index >= 15 is 0 Å². The predicted molar refractivity (Wildman–Crippen MR) is 84.3 cm³/mol. The Bertz CT molecular complexity index is 619. The van der Waals surface area contributed by atoms with Gasteiger partial charge in [0.05, 0.1) is 6.33 Å². The lowest BCUT2D eigenvalue weighted by Crippen LogP contribution is -2.15. The fourth-order valence-electron chi connectivity index (χ4n) is 2.61. The van der Waals surface area contributed by atoms with E-state index in [-0.39, 0.29) is 0 Å². The Labute approximate surface area is 134 Å². The smallest absolute Gasteiger partial charge is 0.165 e. The predicted octanol–water partition coefficient (Wildman–Crippen LogP) is 1.49. The van der Waals surface area contributed by atoms with Crippen molar-refractivity contribution in [3.05, 3.63) is 17.8 Å². The van der Waals surface area contributed by atoms with E-state index in [1.54, 1.807) is 0 Å². The molecule has 2 heterocycles. The highest BCUT2D eigenvalue weighted by Gasteiger charge is 2.26. The molecular weight excluding hydrogens is 306 g/mol. The summed E-state index contributed by atoms with van der Waals surface area (Å²) < 4.78 is 2.11. The zero-order valence-corrected chi connectivity index (χ0v) is 13.5.